The summed E-state index contributed by atoms with van der Waals surface area (Å²) in [6.45, 7) is 8.62. The van der Waals surface area contributed by atoms with E-state index in [0.29, 0.717) is 73.5 Å². The van der Waals surface area contributed by atoms with Gasteiger partial charge in [-0.2, -0.15) is 0 Å². The van der Waals surface area contributed by atoms with Crippen LogP contribution in [0.15, 0.2) is 30.4 Å². The molecule has 0 unspecified atom stereocenters. The predicted octanol–water partition coefficient (Wildman–Crippen LogP) is 5.35. The molecule has 1 aromatic heterocycles. The number of carbonyl (C=O) groups is 4. The first-order valence-electron chi connectivity index (χ1n) is 20.6. The molecule has 2 saturated carbocycles. The Hall–Kier alpha value is -4.40. The fourth-order valence-electron chi connectivity index (χ4n) is 8.61. The van der Waals surface area contributed by atoms with Crippen LogP contribution in [0, 0.1) is 18.3 Å². The van der Waals surface area contributed by atoms with Crippen LogP contribution in [0.3, 0.4) is 0 Å². The first-order chi connectivity index (χ1) is 27.1. The number of nitrogens with zero attached hydrogens (tertiary/aromatic N) is 3. The molecule has 0 spiro atoms. The van der Waals surface area contributed by atoms with E-state index in [1.54, 1.807) is 25.0 Å². The summed E-state index contributed by atoms with van der Waals surface area (Å²) in [7, 11) is -2.36. The molecule has 2 N–H and O–H groups in total. The smallest absolute Gasteiger partial charge is 0.318 e. The van der Waals surface area contributed by atoms with E-state index in [-0.39, 0.29) is 49.1 Å². The molecule has 4 heterocycles. The molecule has 7 rings (SSSR count). The van der Waals surface area contributed by atoms with Gasteiger partial charge in [0.25, 0.3) is 0 Å². The van der Waals surface area contributed by atoms with E-state index in [2.05, 4.69) is 10.0 Å². The molecule has 15 heteroatoms. The molecule has 4 fully saturated rings. The third kappa shape index (κ3) is 8.45. The summed E-state index contributed by atoms with van der Waals surface area (Å²) in [6, 6.07) is 3.27. The minimum absolute atomic E-state index is 0.0555. The van der Waals surface area contributed by atoms with Crippen molar-refractivity contribution in [1.29, 1.82) is 0 Å². The predicted molar refractivity (Wildman–Crippen MR) is 214 cm³/mol. The molecular formula is C42H57N5O9S. The maximum absolute atomic E-state index is 14.7. The van der Waals surface area contributed by atoms with Gasteiger partial charge in [0.2, 0.25) is 27.7 Å². The zero-order valence-electron chi connectivity index (χ0n) is 33.8. The SMILES string of the molecule is COc1ccc2c(O[C@@H]3C[C@H]4C(=O)C[C@]5(C(=O)NS(=O)(=O)C6(C)CC6)C[C@@H]5/C=C\CCCCC[C@H](NC(=O)N5CCCC5)C(=O)N4C3)cc(OC(C)C)nc2c1C. The molecule has 310 valence electrons. The number of amides is 4. The summed E-state index contributed by atoms with van der Waals surface area (Å²) in [5.74, 6) is -0.244. The van der Waals surface area contributed by atoms with Gasteiger partial charge in [0.05, 0.1) is 41.5 Å². The van der Waals surface area contributed by atoms with Crippen molar-refractivity contribution in [1.82, 2.24) is 24.8 Å². The number of fused-ring (bicyclic) bond motifs is 3. The molecule has 1 aromatic carbocycles. The van der Waals surface area contributed by atoms with Gasteiger partial charge >= 0.3 is 6.03 Å². The van der Waals surface area contributed by atoms with Crippen molar-refractivity contribution in [2.24, 2.45) is 11.3 Å². The van der Waals surface area contributed by atoms with Gasteiger partial charge in [-0.1, -0.05) is 25.0 Å². The Kier molecular flexibility index (Phi) is 11.5. The Morgan fingerprint density at radius 3 is 2.49 bits per heavy atom. The van der Waals surface area contributed by atoms with Crippen LogP contribution in [0.25, 0.3) is 10.9 Å². The second-order valence-corrected chi connectivity index (χ2v) is 19.3. The van der Waals surface area contributed by atoms with Crippen molar-refractivity contribution in [3.05, 3.63) is 35.9 Å². The normalized spacial score (nSPS) is 28.2. The quantitative estimate of drug-likeness (QED) is 0.315. The number of allylic oxidation sites excluding steroid dienone is 2. The lowest BCUT2D eigenvalue weighted by molar-refractivity contribution is -0.140. The van der Waals surface area contributed by atoms with E-state index in [0.717, 1.165) is 37.7 Å². The Balaban J connectivity index is 1.22. The van der Waals surface area contributed by atoms with E-state index >= 15 is 0 Å². The van der Waals surface area contributed by atoms with E-state index in [9.17, 15) is 27.6 Å². The average Bonchev–Trinajstić information content (AvgIpc) is 3.91. The lowest BCUT2D eigenvalue weighted by atomic mass is 9.91. The number of aryl methyl sites for hydroxylation is 1. The highest BCUT2D eigenvalue weighted by atomic mass is 32.2. The van der Waals surface area contributed by atoms with Gasteiger partial charge in [-0.15, -0.1) is 0 Å². The monoisotopic (exact) mass is 807 g/mol. The fraction of sp³-hybridized carbons (Fsp3) is 0.643. The lowest BCUT2D eigenvalue weighted by Crippen LogP contribution is -2.54. The maximum atomic E-state index is 14.7. The van der Waals surface area contributed by atoms with Crippen molar-refractivity contribution in [2.45, 2.75) is 134 Å². The van der Waals surface area contributed by atoms with E-state index in [1.165, 1.54) is 4.90 Å². The summed E-state index contributed by atoms with van der Waals surface area (Å²) in [4.78, 5) is 64.9. The largest absolute Gasteiger partial charge is 0.496 e. The molecule has 2 saturated heterocycles. The number of hydrogen-bond acceptors (Lipinski definition) is 10. The van der Waals surface area contributed by atoms with Crippen LogP contribution in [-0.2, 0) is 24.4 Å². The Labute approximate surface area is 335 Å². The molecule has 2 aromatic rings. The Bertz CT molecular complexity index is 2040. The number of likely N-dealkylation sites (tertiary alicyclic amines) is 1. The number of ether oxygens (including phenoxy) is 3. The minimum Gasteiger partial charge on any atom is -0.496 e. The summed E-state index contributed by atoms with van der Waals surface area (Å²) in [5, 5.41) is 3.72. The number of aromatic nitrogens is 1. The number of Topliss-reactive ketones (excluding diaryl/α,β-unsaturated/α-hetero) is 1. The van der Waals surface area contributed by atoms with E-state index in [1.807, 2.05) is 45.1 Å². The van der Waals surface area contributed by atoms with Crippen LogP contribution in [-0.4, -0.2) is 103 Å². The van der Waals surface area contributed by atoms with Crippen molar-refractivity contribution in [3.63, 3.8) is 0 Å². The average molecular weight is 808 g/mol. The number of benzene rings is 1. The van der Waals surface area contributed by atoms with E-state index in [4.69, 9.17) is 19.2 Å². The number of ketones is 1. The molecule has 57 heavy (non-hydrogen) atoms. The molecule has 14 nitrogen and oxygen atoms in total. The number of rotatable bonds is 9. The van der Waals surface area contributed by atoms with Gasteiger partial charge < -0.3 is 29.3 Å². The summed E-state index contributed by atoms with van der Waals surface area (Å²) < 4.78 is 46.1. The number of urea groups is 1. The topological polar surface area (TPSA) is 174 Å². The number of pyridine rings is 1. The zero-order valence-corrected chi connectivity index (χ0v) is 34.6. The highest BCUT2D eigenvalue weighted by Crippen LogP contribution is 2.57. The molecule has 3 aliphatic heterocycles. The first kappa shape index (κ1) is 40.8. The lowest BCUT2D eigenvalue weighted by Gasteiger charge is -2.30. The second-order valence-electron chi connectivity index (χ2n) is 17.2. The first-order valence-corrected chi connectivity index (χ1v) is 22.1. The summed E-state index contributed by atoms with van der Waals surface area (Å²) in [6.07, 6.45) is 9.58. The highest BCUT2D eigenvalue weighted by molar-refractivity contribution is 7.91. The fourth-order valence-corrected chi connectivity index (χ4v) is 9.94. The second kappa shape index (κ2) is 16.1. The Morgan fingerprint density at radius 1 is 1.04 bits per heavy atom. The van der Waals surface area contributed by atoms with Crippen molar-refractivity contribution < 1.29 is 41.8 Å². The number of hydrogen-bond donors (Lipinski definition) is 2. The van der Waals surface area contributed by atoms with Crippen LogP contribution >= 0.6 is 0 Å². The third-order valence-corrected chi connectivity index (χ3v) is 14.7. The van der Waals surface area contributed by atoms with Crippen molar-refractivity contribution in [3.8, 4) is 17.4 Å². The third-order valence-electron chi connectivity index (χ3n) is 12.5. The van der Waals surface area contributed by atoms with Crippen molar-refractivity contribution in [2.75, 3.05) is 26.7 Å². The van der Waals surface area contributed by atoms with Gasteiger partial charge in [0.1, 0.15) is 23.6 Å². The van der Waals surface area contributed by atoms with Gasteiger partial charge in [0, 0.05) is 42.9 Å². The van der Waals surface area contributed by atoms with E-state index < -0.39 is 44.3 Å². The number of methoxy groups -OCH3 is 1. The molecule has 5 atom stereocenters. The summed E-state index contributed by atoms with van der Waals surface area (Å²) in [5.41, 5.74) is 0.164. The zero-order chi connectivity index (χ0) is 40.7. The van der Waals surface area contributed by atoms with Gasteiger partial charge in [-0.25, -0.2) is 18.2 Å². The standard InChI is InChI=1S/C42H57N5O9S/c1-26(2)55-36-22-35(30-15-16-34(54-5)27(3)37(30)44-36)56-29-21-32-33(48)24-42(39(50)45-57(52,53)41(4)17-18-41)23-28(42)13-9-7-6-8-10-14-31(38(49)47(32)25-29)43-40(51)46-19-11-12-20-46/h9,13,15-16,22,26,28-29,31-32H,6-8,10-12,14,17-21,23-25H2,1-5H3,(H,43,51)(H,45,50)/b13-9-/t28-,29+,31-,32-,42+/m0/s1. The molecule has 2 aliphatic carbocycles. The maximum Gasteiger partial charge on any atom is 0.318 e. The molecular weight excluding hydrogens is 751 g/mol. The van der Waals surface area contributed by atoms with Gasteiger partial charge in [-0.3, -0.25) is 19.1 Å². The summed E-state index contributed by atoms with van der Waals surface area (Å²) >= 11 is 0. The number of sulfonamides is 1. The number of nitrogens with one attached hydrogen (secondary N) is 2. The molecule has 5 aliphatic rings. The minimum atomic E-state index is -3.95. The van der Waals surface area contributed by atoms with Crippen LogP contribution in [0.5, 0.6) is 17.4 Å². The van der Waals surface area contributed by atoms with Crippen LogP contribution in [0.4, 0.5) is 4.79 Å². The van der Waals surface area contributed by atoms with Crippen LogP contribution in [0.2, 0.25) is 0 Å². The number of carbonyl (C=O) groups excluding carboxylic acids is 4. The van der Waals surface area contributed by atoms with Gasteiger partial charge in [-0.05, 0) is 97.1 Å². The van der Waals surface area contributed by atoms with Crippen LogP contribution in [0.1, 0.15) is 103 Å². The van der Waals surface area contributed by atoms with Gasteiger partial charge in [0.15, 0.2) is 5.78 Å². The molecule has 0 bridgehead atoms. The van der Waals surface area contributed by atoms with Crippen LogP contribution < -0.4 is 24.2 Å². The van der Waals surface area contributed by atoms with Crippen molar-refractivity contribution >= 4 is 44.6 Å². The Morgan fingerprint density at radius 2 is 1.79 bits per heavy atom. The highest BCUT2D eigenvalue weighted by Gasteiger charge is 2.62. The molecule has 0 radical (unpaired) electrons. The molecule has 4 amide bonds.